The molecule has 106 valence electrons. The first kappa shape index (κ1) is 13.2. The minimum Gasteiger partial charge on any atom is -0.380 e. The Morgan fingerprint density at radius 2 is 2.25 bits per heavy atom. The second-order valence-corrected chi connectivity index (χ2v) is 5.19. The van der Waals surface area contributed by atoms with E-state index < -0.39 is 0 Å². The maximum atomic E-state index is 5.36. The van der Waals surface area contributed by atoms with Crippen molar-refractivity contribution in [3.63, 3.8) is 0 Å². The first-order valence-electron chi connectivity index (χ1n) is 6.70. The highest BCUT2D eigenvalue weighted by atomic mass is 16.5. The van der Waals surface area contributed by atoms with E-state index in [1.165, 1.54) is 0 Å². The maximum Gasteiger partial charge on any atom is 0.244 e. The van der Waals surface area contributed by atoms with Gasteiger partial charge in [-0.3, -0.25) is 4.98 Å². The number of nitrogens with one attached hydrogen (secondary N) is 1. The molecule has 2 aromatic heterocycles. The molecule has 1 fully saturated rings. The molecule has 1 N–H and O–H groups in total. The molecular formula is C14H18N4O2. The summed E-state index contributed by atoms with van der Waals surface area (Å²) in [5.74, 6) is 1.14. The van der Waals surface area contributed by atoms with E-state index in [4.69, 9.17) is 9.26 Å². The third-order valence-electron chi connectivity index (χ3n) is 3.59. The van der Waals surface area contributed by atoms with Crippen LogP contribution in [0.4, 0.5) is 0 Å². The van der Waals surface area contributed by atoms with Gasteiger partial charge in [-0.15, -0.1) is 0 Å². The van der Waals surface area contributed by atoms with Crippen LogP contribution in [0.1, 0.15) is 29.5 Å². The highest BCUT2D eigenvalue weighted by molar-refractivity contribution is 5.54. The summed E-state index contributed by atoms with van der Waals surface area (Å²) >= 11 is 0. The third-order valence-corrected chi connectivity index (χ3v) is 3.59. The summed E-state index contributed by atoms with van der Waals surface area (Å²) in [7, 11) is 1.72. The minimum atomic E-state index is 0.0620. The number of rotatable bonds is 3. The molecule has 20 heavy (non-hydrogen) atoms. The number of hydrogen-bond donors (Lipinski definition) is 1. The van der Waals surface area contributed by atoms with Crippen molar-refractivity contribution in [2.75, 3.05) is 13.7 Å². The smallest absolute Gasteiger partial charge is 0.244 e. The Morgan fingerprint density at radius 1 is 1.40 bits per heavy atom. The van der Waals surface area contributed by atoms with Crippen molar-refractivity contribution in [3.8, 4) is 11.5 Å². The lowest BCUT2D eigenvalue weighted by Crippen LogP contribution is -2.16. The molecule has 1 aliphatic heterocycles. The molecule has 0 spiro atoms. The Balaban J connectivity index is 1.83. The molecule has 0 unspecified atom stereocenters. The first-order valence-corrected chi connectivity index (χ1v) is 6.70. The number of hydrogen-bond acceptors (Lipinski definition) is 6. The van der Waals surface area contributed by atoms with E-state index >= 15 is 0 Å². The number of methoxy groups -OCH3 is 1. The van der Waals surface area contributed by atoms with E-state index in [-0.39, 0.29) is 12.1 Å². The van der Waals surface area contributed by atoms with Gasteiger partial charge in [0.25, 0.3) is 0 Å². The van der Waals surface area contributed by atoms with Gasteiger partial charge in [0, 0.05) is 19.9 Å². The van der Waals surface area contributed by atoms with Gasteiger partial charge in [-0.25, -0.2) is 0 Å². The van der Waals surface area contributed by atoms with Crippen LogP contribution in [-0.4, -0.2) is 34.9 Å². The van der Waals surface area contributed by atoms with Crippen LogP contribution in [0, 0.1) is 13.8 Å². The molecule has 0 saturated carbocycles. The Labute approximate surface area is 117 Å². The van der Waals surface area contributed by atoms with E-state index in [1.807, 2.05) is 20.0 Å². The van der Waals surface area contributed by atoms with E-state index in [0.717, 1.165) is 29.8 Å². The highest BCUT2D eigenvalue weighted by Crippen LogP contribution is 2.26. The van der Waals surface area contributed by atoms with Crippen LogP contribution >= 0.6 is 0 Å². The van der Waals surface area contributed by atoms with Crippen molar-refractivity contribution in [1.82, 2.24) is 20.4 Å². The Hall–Kier alpha value is -1.79. The molecule has 1 saturated heterocycles. The summed E-state index contributed by atoms with van der Waals surface area (Å²) in [6.45, 7) is 4.82. The molecule has 0 radical (unpaired) electrons. The Kier molecular flexibility index (Phi) is 3.50. The maximum absolute atomic E-state index is 5.36. The van der Waals surface area contributed by atoms with Crippen LogP contribution < -0.4 is 5.32 Å². The molecular weight excluding hydrogens is 256 g/mol. The lowest BCUT2D eigenvalue weighted by atomic mass is 10.1. The molecule has 3 heterocycles. The molecule has 1 aliphatic rings. The number of nitrogens with zero attached hydrogens (tertiary/aromatic N) is 3. The monoisotopic (exact) mass is 274 g/mol. The summed E-state index contributed by atoms with van der Waals surface area (Å²) in [4.78, 5) is 8.85. The van der Waals surface area contributed by atoms with Gasteiger partial charge in [0.15, 0.2) is 0 Å². The predicted octanol–water partition coefficient (Wildman–Crippen LogP) is 1.80. The standard InChI is InChI=1S/C14H18N4O2/c1-8-4-9(2)12(16-6-8)13-17-14(20-18-13)11-5-10(19-3)7-15-11/h4,6,10-11,15H,5,7H2,1-3H3/t10-,11+/m0/s1. The lowest BCUT2D eigenvalue weighted by Gasteiger charge is -2.04. The van der Waals surface area contributed by atoms with Crippen LogP contribution in [0.15, 0.2) is 16.8 Å². The first-order chi connectivity index (χ1) is 9.67. The van der Waals surface area contributed by atoms with Crippen LogP contribution in [-0.2, 0) is 4.74 Å². The Bertz CT molecular complexity index is 611. The lowest BCUT2D eigenvalue weighted by molar-refractivity contribution is 0.116. The summed E-state index contributed by atoms with van der Waals surface area (Å²) in [6, 6.07) is 2.12. The van der Waals surface area contributed by atoms with Crippen molar-refractivity contribution in [2.45, 2.75) is 32.4 Å². The average Bonchev–Trinajstić information content (AvgIpc) is 3.07. The normalized spacial score (nSPS) is 22.4. The van der Waals surface area contributed by atoms with Gasteiger partial charge in [-0.1, -0.05) is 11.2 Å². The summed E-state index contributed by atoms with van der Waals surface area (Å²) < 4.78 is 10.7. The topological polar surface area (TPSA) is 73.1 Å². The SMILES string of the molecule is CO[C@@H]1CN[C@@H](c2nc(-c3ncc(C)cc3C)no2)C1. The van der Waals surface area contributed by atoms with Gasteiger partial charge >= 0.3 is 0 Å². The van der Waals surface area contributed by atoms with E-state index in [2.05, 4.69) is 26.5 Å². The fraction of sp³-hybridized carbons (Fsp3) is 0.500. The van der Waals surface area contributed by atoms with E-state index in [0.29, 0.717) is 11.7 Å². The van der Waals surface area contributed by atoms with Crippen molar-refractivity contribution >= 4 is 0 Å². The quantitative estimate of drug-likeness (QED) is 0.920. The van der Waals surface area contributed by atoms with Gasteiger partial charge in [0.2, 0.25) is 11.7 Å². The van der Waals surface area contributed by atoms with Gasteiger partial charge in [0.1, 0.15) is 5.69 Å². The van der Waals surface area contributed by atoms with Gasteiger partial charge in [-0.2, -0.15) is 4.98 Å². The number of aromatic nitrogens is 3. The molecule has 0 aliphatic carbocycles. The van der Waals surface area contributed by atoms with Crippen molar-refractivity contribution in [1.29, 1.82) is 0 Å². The zero-order chi connectivity index (χ0) is 14.1. The molecule has 3 rings (SSSR count). The van der Waals surface area contributed by atoms with Gasteiger partial charge in [-0.05, 0) is 31.4 Å². The molecule has 2 atom stereocenters. The molecule has 0 aromatic carbocycles. The van der Waals surface area contributed by atoms with Crippen LogP contribution in [0.3, 0.4) is 0 Å². The number of pyridine rings is 1. The minimum absolute atomic E-state index is 0.0620. The fourth-order valence-corrected chi connectivity index (χ4v) is 2.49. The molecule has 2 aromatic rings. The van der Waals surface area contributed by atoms with Gasteiger partial charge < -0.3 is 14.6 Å². The van der Waals surface area contributed by atoms with Crippen molar-refractivity contribution in [2.24, 2.45) is 0 Å². The average molecular weight is 274 g/mol. The summed E-state index contributed by atoms with van der Waals surface area (Å²) in [6.07, 6.45) is 2.86. The number of aryl methyl sites for hydroxylation is 2. The fourth-order valence-electron chi connectivity index (χ4n) is 2.49. The highest BCUT2D eigenvalue weighted by Gasteiger charge is 2.29. The molecule has 6 heteroatoms. The molecule has 0 bridgehead atoms. The number of ether oxygens (including phenoxy) is 1. The Morgan fingerprint density at radius 3 is 2.95 bits per heavy atom. The third kappa shape index (κ3) is 2.44. The zero-order valence-corrected chi connectivity index (χ0v) is 11.9. The van der Waals surface area contributed by atoms with Gasteiger partial charge in [0.05, 0.1) is 12.1 Å². The van der Waals surface area contributed by atoms with Crippen molar-refractivity contribution < 1.29 is 9.26 Å². The van der Waals surface area contributed by atoms with Crippen LogP contribution in [0.25, 0.3) is 11.5 Å². The van der Waals surface area contributed by atoms with Crippen LogP contribution in [0.2, 0.25) is 0 Å². The largest absolute Gasteiger partial charge is 0.380 e. The van der Waals surface area contributed by atoms with Crippen LogP contribution in [0.5, 0.6) is 0 Å². The molecule has 6 nitrogen and oxygen atoms in total. The second-order valence-electron chi connectivity index (χ2n) is 5.19. The summed E-state index contributed by atoms with van der Waals surface area (Å²) in [5.41, 5.74) is 2.94. The second kappa shape index (κ2) is 5.30. The van der Waals surface area contributed by atoms with E-state index in [1.54, 1.807) is 7.11 Å². The molecule has 0 amide bonds. The predicted molar refractivity (Wildman–Crippen MR) is 73.2 cm³/mol. The van der Waals surface area contributed by atoms with E-state index in [9.17, 15) is 0 Å². The zero-order valence-electron chi connectivity index (χ0n) is 11.9. The van der Waals surface area contributed by atoms with Crippen molar-refractivity contribution in [3.05, 3.63) is 29.3 Å². The summed E-state index contributed by atoms with van der Waals surface area (Å²) in [5, 5.41) is 7.36.